The highest BCUT2D eigenvalue weighted by molar-refractivity contribution is 8.16. The Labute approximate surface area is 160 Å². The second-order valence-corrected chi connectivity index (χ2v) is 10.6. The Hall–Kier alpha value is -1.34. The van der Waals surface area contributed by atoms with E-state index in [1.165, 1.54) is 11.8 Å². The summed E-state index contributed by atoms with van der Waals surface area (Å²) in [5, 5.41) is 0.589. The zero-order valence-electron chi connectivity index (χ0n) is 15.7. The molecule has 0 aliphatic carbocycles. The maximum absolute atomic E-state index is 12.6. The summed E-state index contributed by atoms with van der Waals surface area (Å²) in [7, 11) is -3.05. The molecule has 0 aromatic heterocycles. The molecule has 1 aromatic rings. The molecule has 3 rings (SSSR count). The maximum Gasteiger partial charge on any atom is 0.251 e. The Kier molecular flexibility index (Phi) is 5.49. The van der Waals surface area contributed by atoms with Crippen LogP contribution in [-0.2, 0) is 14.6 Å². The molecule has 0 spiro atoms. The molecule has 5 nitrogen and oxygen atoms in total. The van der Waals surface area contributed by atoms with Gasteiger partial charge in [-0.05, 0) is 49.9 Å². The van der Waals surface area contributed by atoms with E-state index >= 15 is 0 Å². The van der Waals surface area contributed by atoms with Crippen LogP contribution in [-0.4, -0.2) is 42.3 Å². The molecule has 0 N–H and O–H groups in total. The number of nitrogens with zero attached hydrogens (tertiary/aromatic N) is 2. The molecule has 2 aliphatic rings. The van der Waals surface area contributed by atoms with Crippen molar-refractivity contribution < 1.29 is 13.2 Å². The quantitative estimate of drug-likeness (QED) is 0.783. The number of sulfone groups is 1. The van der Waals surface area contributed by atoms with Gasteiger partial charge in [0.05, 0.1) is 17.5 Å². The van der Waals surface area contributed by atoms with Gasteiger partial charge in [0.2, 0.25) is 0 Å². The topological polar surface area (TPSA) is 66.8 Å². The van der Waals surface area contributed by atoms with Crippen LogP contribution in [0, 0.1) is 19.8 Å². The first kappa shape index (κ1) is 19.4. The molecule has 2 aliphatic heterocycles. The summed E-state index contributed by atoms with van der Waals surface area (Å²) >= 11 is 1.44. The van der Waals surface area contributed by atoms with Crippen molar-refractivity contribution in [3.05, 3.63) is 29.3 Å². The van der Waals surface area contributed by atoms with Crippen LogP contribution >= 0.6 is 11.8 Å². The minimum absolute atomic E-state index is 0.0610. The van der Waals surface area contributed by atoms with Crippen molar-refractivity contribution in [2.75, 3.05) is 16.4 Å². The van der Waals surface area contributed by atoms with Crippen LogP contribution in [0.2, 0.25) is 0 Å². The lowest BCUT2D eigenvalue weighted by Gasteiger charge is -2.25. The number of rotatable bonds is 4. The van der Waals surface area contributed by atoms with Crippen molar-refractivity contribution in [1.29, 1.82) is 0 Å². The van der Waals surface area contributed by atoms with Gasteiger partial charge in [0.25, 0.3) is 5.91 Å². The van der Waals surface area contributed by atoms with E-state index in [1.54, 1.807) is 0 Å². The number of carbonyl (C=O) groups excluding carboxylic acids is 1. The molecule has 2 fully saturated rings. The predicted octanol–water partition coefficient (Wildman–Crippen LogP) is 3.34. The molecule has 142 valence electrons. The van der Waals surface area contributed by atoms with E-state index in [0.717, 1.165) is 29.7 Å². The van der Waals surface area contributed by atoms with Gasteiger partial charge in [-0.1, -0.05) is 31.7 Å². The van der Waals surface area contributed by atoms with Crippen LogP contribution in [0.25, 0.3) is 0 Å². The largest absolute Gasteiger partial charge is 0.316 e. The lowest BCUT2D eigenvalue weighted by atomic mass is 10.0. The average Bonchev–Trinajstić information content (AvgIpc) is 2.98. The van der Waals surface area contributed by atoms with Crippen LogP contribution in [0.3, 0.4) is 0 Å². The summed E-state index contributed by atoms with van der Waals surface area (Å²) in [5.41, 5.74) is 3.15. The van der Waals surface area contributed by atoms with Gasteiger partial charge in [0.15, 0.2) is 15.0 Å². The van der Waals surface area contributed by atoms with Gasteiger partial charge < -0.3 is 4.90 Å². The first-order valence-corrected chi connectivity index (χ1v) is 11.8. The average molecular weight is 395 g/mol. The van der Waals surface area contributed by atoms with Gasteiger partial charge in [-0.15, -0.1) is 0 Å². The lowest BCUT2D eigenvalue weighted by Crippen LogP contribution is -2.38. The Morgan fingerprint density at radius 3 is 2.38 bits per heavy atom. The molecule has 2 unspecified atom stereocenters. The first-order chi connectivity index (χ1) is 12.2. The van der Waals surface area contributed by atoms with Gasteiger partial charge in [-0.2, -0.15) is 4.99 Å². The van der Waals surface area contributed by atoms with Gasteiger partial charge in [0, 0.05) is 16.9 Å². The zero-order valence-corrected chi connectivity index (χ0v) is 17.4. The van der Waals surface area contributed by atoms with Crippen molar-refractivity contribution in [3.8, 4) is 0 Å². The molecule has 1 amide bonds. The molecule has 0 radical (unpaired) electrons. The highest BCUT2D eigenvalue weighted by atomic mass is 32.2. The van der Waals surface area contributed by atoms with Gasteiger partial charge in [0.1, 0.15) is 0 Å². The summed E-state index contributed by atoms with van der Waals surface area (Å²) in [6.45, 7) is 8.04. The van der Waals surface area contributed by atoms with Gasteiger partial charge in [-0.3, -0.25) is 4.79 Å². The molecule has 1 aromatic carbocycles. The number of carbonyl (C=O) groups is 1. The number of fused-ring (bicyclic) bond motifs is 1. The van der Waals surface area contributed by atoms with E-state index in [4.69, 9.17) is 0 Å². The number of aryl methyl sites for hydroxylation is 2. The van der Waals surface area contributed by atoms with Crippen LogP contribution < -0.4 is 4.90 Å². The molecule has 0 saturated carbocycles. The lowest BCUT2D eigenvalue weighted by molar-refractivity contribution is -0.121. The molecule has 0 bridgehead atoms. The monoisotopic (exact) mass is 394 g/mol. The molecule has 2 atom stereocenters. The smallest absolute Gasteiger partial charge is 0.251 e. The second kappa shape index (κ2) is 7.35. The molecule has 26 heavy (non-hydrogen) atoms. The SMILES string of the molecule is CCC(CC)C(=O)N=C1SC2CS(=O)(=O)CC2N1c1cc(C)cc(C)c1. The number of amidine groups is 1. The third-order valence-corrected chi connectivity index (χ3v) is 8.30. The maximum atomic E-state index is 12.6. The molecular formula is C19H26N2O3S2. The van der Waals surface area contributed by atoms with E-state index in [-0.39, 0.29) is 34.6 Å². The minimum atomic E-state index is -3.05. The highest BCUT2D eigenvalue weighted by Gasteiger charge is 2.49. The zero-order chi connectivity index (χ0) is 19.1. The third-order valence-electron chi connectivity index (χ3n) is 5.09. The predicted molar refractivity (Wildman–Crippen MR) is 109 cm³/mol. The van der Waals surface area contributed by atoms with Gasteiger partial charge >= 0.3 is 0 Å². The van der Waals surface area contributed by atoms with E-state index in [9.17, 15) is 13.2 Å². The van der Waals surface area contributed by atoms with Crippen LogP contribution in [0.15, 0.2) is 23.2 Å². The second-order valence-electron chi connectivity index (χ2n) is 7.26. The van der Waals surface area contributed by atoms with E-state index < -0.39 is 9.84 Å². The molecule has 2 heterocycles. The minimum Gasteiger partial charge on any atom is -0.316 e. The number of benzene rings is 1. The molecule has 2 saturated heterocycles. The number of aliphatic imine (C=N–C) groups is 1. The summed E-state index contributed by atoms with van der Waals surface area (Å²) in [4.78, 5) is 19.0. The number of thioether (sulfide) groups is 1. The third kappa shape index (κ3) is 3.83. The van der Waals surface area contributed by atoms with E-state index in [2.05, 4.69) is 11.1 Å². The van der Waals surface area contributed by atoms with Crippen molar-refractivity contribution in [2.45, 2.75) is 51.8 Å². The summed E-state index contributed by atoms with van der Waals surface area (Å²) in [6, 6.07) is 6.01. The number of hydrogen-bond donors (Lipinski definition) is 0. The van der Waals surface area contributed by atoms with Crippen molar-refractivity contribution in [3.63, 3.8) is 0 Å². The summed E-state index contributed by atoms with van der Waals surface area (Å²) in [6.07, 6.45) is 1.53. The molecule has 7 heteroatoms. The van der Waals surface area contributed by atoms with Gasteiger partial charge in [-0.25, -0.2) is 8.42 Å². The van der Waals surface area contributed by atoms with E-state index in [0.29, 0.717) is 5.17 Å². The van der Waals surface area contributed by atoms with Crippen molar-refractivity contribution >= 4 is 38.4 Å². The Balaban J connectivity index is 2.02. The van der Waals surface area contributed by atoms with Crippen molar-refractivity contribution in [1.82, 2.24) is 0 Å². The normalized spacial score (nSPS) is 25.9. The Morgan fingerprint density at radius 2 is 1.81 bits per heavy atom. The highest BCUT2D eigenvalue weighted by Crippen LogP contribution is 2.41. The van der Waals surface area contributed by atoms with Crippen LogP contribution in [0.5, 0.6) is 0 Å². The first-order valence-electron chi connectivity index (χ1n) is 9.11. The van der Waals surface area contributed by atoms with Crippen molar-refractivity contribution in [2.24, 2.45) is 10.9 Å². The fraction of sp³-hybridized carbons (Fsp3) is 0.579. The summed E-state index contributed by atoms with van der Waals surface area (Å²) in [5.74, 6) is 0.0978. The number of hydrogen-bond acceptors (Lipinski definition) is 4. The van der Waals surface area contributed by atoms with Crippen LogP contribution in [0.4, 0.5) is 5.69 Å². The number of anilines is 1. The Morgan fingerprint density at radius 1 is 1.19 bits per heavy atom. The fourth-order valence-electron chi connectivity index (χ4n) is 3.78. The standard InChI is InChI=1S/C19H26N2O3S2/c1-5-14(6-2)18(22)20-19-21(15-8-12(3)7-13(4)9-15)16-10-26(23,24)11-17(16)25-19/h7-9,14,16-17H,5-6,10-11H2,1-4H3. The van der Waals surface area contributed by atoms with E-state index in [1.807, 2.05) is 44.7 Å². The van der Waals surface area contributed by atoms with Crippen LogP contribution in [0.1, 0.15) is 37.8 Å². The molecular weight excluding hydrogens is 368 g/mol. The fourth-order valence-corrected chi connectivity index (χ4v) is 7.70. The summed E-state index contributed by atoms with van der Waals surface area (Å²) < 4.78 is 24.3. The Bertz CT molecular complexity index is 824. The number of amides is 1.